The van der Waals surface area contributed by atoms with E-state index in [9.17, 15) is 9.18 Å². The molecule has 0 aromatic carbocycles. The van der Waals surface area contributed by atoms with Crippen molar-refractivity contribution in [3.8, 4) is 5.75 Å². The lowest BCUT2D eigenvalue weighted by Crippen LogP contribution is -1.93. The Hall–Kier alpha value is -1.45. The van der Waals surface area contributed by atoms with Gasteiger partial charge in [-0.3, -0.25) is 4.79 Å². The number of carbonyl (C=O) groups excluding carboxylic acids is 1. The van der Waals surface area contributed by atoms with Crippen molar-refractivity contribution in [1.82, 2.24) is 4.98 Å². The van der Waals surface area contributed by atoms with Crippen LogP contribution in [0.4, 0.5) is 4.39 Å². The van der Waals surface area contributed by atoms with Crippen LogP contribution in [0.15, 0.2) is 12.3 Å². The number of hydrogen-bond acceptors (Lipinski definition) is 3. The Morgan fingerprint density at radius 3 is 3.00 bits per heavy atom. The topological polar surface area (TPSA) is 39.2 Å². The summed E-state index contributed by atoms with van der Waals surface area (Å²) in [5, 5.41) is 0. The highest BCUT2D eigenvalue weighted by Gasteiger charge is 2.02. The average Bonchev–Trinajstić information content (AvgIpc) is 2.04. The van der Waals surface area contributed by atoms with Crippen LogP contribution < -0.4 is 4.74 Å². The van der Waals surface area contributed by atoms with E-state index in [-0.39, 0.29) is 11.3 Å². The van der Waals surface area contributed by atoms with Gasteiger partial charge in [0, 0.05) is 12.3 Å². The smallest absolute Gasteiger partial charge is 0.216 e. The van der Waals surface area contributed by atoms with Crippen molar-refractivity contribution in [2.24, 2.45) is 0 Å². The maximum atomic E-state index is 12.4. The zero-order valence-corrected chi connectivity index (χ0v) is 5.87. The number of pyridine rings is 1. The number of rotatable bonds is 2. The maximum absolute atomic E-state index is 12.4. The van der Waals surface area contributed by atoms with Crippen LogP contribution in [0.1, 0.15) is 10.4 Å². The van der Waals surface area contributed by atoms with Gasteiger partial charge in [0.1, 0.15) is 5.75 Å². The second kappa shape index (κ2) is 3.09. The Kier molecular flexibility index (Phi) is 2.15. The predicted molar refractivity (Wildman–Crippen MR) is 36.1 cm³/mol. The van der Waals surface area contributed by atoms with Gasteiger partial charge in [0.25, 0.3) is 0 Å². The van der Waals surface area contributed by atoms with Gasteiger partial charge in [-0.15, -0.1) is 0 Å². The lowest BCUT2D eigenvalue weighted by atomic mass is 10.3. The SMILES string of the molecule is COc1cc(F)ncc1C=O. The van der Waals surface area contributed by atoms with Crippen LogP contribution in [-0.4, -0.2) is 18.4 Å². The van der Waals surface area contributed by atoms with Crippen molar-refractivity contribution in [2.75, 3.05) is 7.11 Å². The summed E-state index contributed by atoms with van der Waals surface area (Å²) in [4.78, 5) is 13.5. The maximum Gasteiger partial charge on any atom is 0.216 e. The largest absolute Gasteiger partial charge is 0.496 e. The molecular formula is C7H6FNO2. The number of ether oxygens (including phenoxy) is 1. The Morgan fingerprint density at radius 1 is 1.73 bits per heavy atom. The first-order valence-electron chi connectivity index (χ1n) is 2.92. The van der Waals surface area contributed by atoms with Crippen molar-refractivity contribution in [1.29, 1.82) is 0 Å². The first-order valence-corrected chi connectivity index (χ1v) is 2.92. The number of aromatic nitrogens is 1. The van der Waals surface area contributed by atoms with Crippen LogP contribution in [0.2, 0.25) is 0 Å². The van der Waals surface area contributed by atoms with Crippen molar-refractivity contribution < 1.29 is 13.9 Å². The highest BCUT2D eigenvalue weighted by atomic mass is 19.1. The molecule has 11 heavy (non-hydrogen) atoms. The minimum absolute atomic E-state index is 0.201. The van der Waals surface area contributed by atoms with Gasteiger partial charge in [-0.2, -0.15) is 4.39 Å². The molecule has 0 bridgehead atoms. The third kappa shape index (κ3) is 1.52. The van der Waals surface area contributed by atoms with Crippen molar-refractivity contribution in [3.63, 3.8) is 0 Å². The molecule has 1 aromatic heterocycles. The van der Waals surface area contributed by atoms with E-state index in [1.165, 1.54) is 7.11 Å². The Labute approximate surface area is 62.8 Å². The molecule has 0 unspecified atom stereocenters. The molecule has 0 saturated heterocycles. The summed E-state index contributed by atoms with van der Waals surface area (Å²) < 4.78 is 17.1. The van der Waals surface area contributed by atoms with Crippen LogP contribution in [0.25, 0.3) is 0 Å². The van der Waals surface area contributed by atoms with Crippen molar-refractivity contribution in [3.05, 3.63) is 23.8 Å². The van der Waals surface area contributed by atoms with E-state index >= 15 is 0 Å². The summed E-state index contributed by atoms with van der Waals surface area (Å²) >= 11 is 0. The monoisotopic (exact) mass is 155 g/mol. The quantitative estimate of drug-likeness (QED) is 0.473. The third-order valence-electron chi connectivity index (χ3n) is 1.21. The minimum atomic E-state index is -0.660. The fourth-order valence-corrected chi connectivity index (χ4v) is 0.689. The summed E-state index contributed by atoms with van der Waals surface area (Å²) in [5.41, 5.74) is 0.244. The van der Waals surface area contributed by atoms with E-state index < -0.39 is 5.95 Å². The molecule has 1 heterocycles. The first-order chi connectivity index (χ1) is 5.27. The molecule has 0 N–H and O–H groups in total. The highest BCUT2D eigenvalue weighted by Crippen LogP contribution is 2.14. The molecule has 1 aromatic rings. The van der Waals surface area contributed by atoms with E-state index in [4.69, 9.17) is 4.74 Å². The predicted octanol–water partition coefficient (Wildman–Crippen LogP) is 1.04. The number of nitrogens with zero attached hydrogens (tertiary/aromatic N) is 1. The molecule has 0 amide bonds. The van der Waals surface area contributed by atoms with E-state index in [2.05, 4.69) is 4.98 Å². The average molecular weight is 155 g/mol. The van der Waals surface area contributed by atoms with Gasteiger partial charge in [0.2, 0.25) is 5.95 Å². The summed E-state index contributed by atoms with van der Waals surface area (Å²) in [7, 11) is 1.36. The van der Waals surface area contributed by atoms with Crippen molar-refractivity contribution >= 4 is 6.29 Å². The molecule has 0 aliphatic rings. The molecule has 1 rings (SSSR count). The second-order valence-corrected chi connectivity index (χ2v) is 1.87. The van der Waals surface area contributed by atoms with Gasteiger partial charge in [-0.1, -0.05) is 0 Å². The molecule has 3 nitrogen and oxygen atoms in total. The van der Waals surface area contributed by atoms with Crippen LogP contribution in [0, 0.1) is 5.95 Å². The number of hydrogen-bond donors (Lipinski definition) is 0. The number of halogens is 1. The Balaban J connectivity index is 3.16. The molecule has 0 aliphatic heterocycles. The van der Waals surface area contributed by atoms with E-state index in [0.717, 1.165) is 12.3 Å². The zero-order valence-electron chi connectivity index (χ0n) is 5.87. The third-order valence-corrected chi connectivity index (χ3v) is 1.21. The van der Waals surface area contributed by atoms with Crippen molar-refractivity contribution in [2.45, 2.75) is 0 Å². The molecule has 0 radical (unpaired) electrons. The summed E-state index contributed by atoms with van der Waals surface area (Å²) in [6.45, 7) is 0. The van der Waals surface area contributed by atoms with Gasteiger partial charge in [0.05, 0.1) is 12.7 Å². The normalized spacial score (nSPS) is 9.27. The van der Waals surface area contributed by atoms with Gasteiger partial charge in [-0.05, 0) is 0 Å². The molecule has 58 valence electrons. The Bertz CT molecular complexity index is 275. The number of methoxy groups -OCH3 is 1. The van der Waals surface area contributed by atoms with Gasteiger partial charge >= 0.3 is 0 Å². The number of carbonyl (C=O) groups is 1. The fourth-order valence-electron chi connectivity index (χ4n) is 0.689. The van der Waals surface area contributed by atoms with Crippen LogP contribution in [0.5, 0.6) is 5.75 Å². The molecular weight excluding hydrogens is 149 g/mol. The summed E-state index contributed by atoms with van der Waals surface area (Å²) in [6.07, 6.45) is 1.69. The van der Waals surface area contributed by atoms with E-state index in [1.807, 2.05) is 0 Å². The summed E-state index contributed by atoms with van der Waals surface area (Å²) in [6, 6.07) is 1.06. The first kappa shape index (κ1) is 7.65. The van der Waals surface area contributed by atoms with E-state index in [1.54, 1.807) is 0 Å². The van der Waals surface area contributed by atoms with Gasteiger partial charge in [0.15, 0.2) is 6.29 Å². The van der Waals surface area contributed by atoms with Crippen LogP contribution >= 0.6 is 0 Å². The highest BCUT2D eigenvalue weighted by molar-refractivity contribution is 5.78. The molecule has 0 spiro atoms. The molecule has 4 heteroatoms. The van der Waals surface area contributed by atoms with Crippen LogP contribution in [-0.2, 0) is 0 Å². The Morgan fingerprint density at radius 2 is 2.45 bits per heavy atom. The molecule has 0 atom stereocenters. The lowest BCUT2D eigenvalue weighted by Gasteiger charge is -2.00. The number of aldehydes is 1. The zero-order chi connectivity index (χ0) is 8.27. The lowest BCUT2D eigenvalue weighted by molar-refractivity contribution is 0.112. The summed E-state index contributed by atoms with van der Waals surface area (Å²) in [5.74, 6) is -0.458. The second-order valence-electron chi connectivity index (χ2n) is 1.87. The van der Waals surface area contributed by atoms with E-state index in [0.29, 0.717) is 6.29 Å². The minimum Gasteiger partial charge on any atom is -0.496 e. The fraction of sp³-hybridized carbons (Fsp3) is 0.143. The standard InChI is InChI=1S/C7H6FNO2/c1-11-6-2-7(8)9-3-5(6)4-10/h2-4H,1H3. The van der Waals surface area contributed by atoms with Gasteiger partial charge in [-0.25, -0.2) is 4.98 Å². The van der Waals surface area contributed by atoms with Gasteiger partial charge < -0.3 is 4.74 Å². The molecule has 0 aliphatic carbocycles. The van der Waals surface area contributed by atoms with Crippen LogP contribution in [0.3, 0.4) is 0 Å². The molecule has 0 saturated carbocycles. The molecule has 0 fully saturated rings.